The Bertz CT molecular complexity index is 138. The summed E-state index contributed by atoms with van der Waals surface area (Å²) in [6.45, 7) is 6.26. The van der Waals surface area contributed by atoms with Crippen molar-refractivity contribution in [1.29, 1.82) is 0 Å². The Hall–Kier alpha value is -0.120. The predicted octanol–water partition coefficient (Wildman–Crippen LogP) is 2.19. The Kier molecular flexibility index (Phi) is 11.3. The van der Waals surface area contributed by atoms with E-state index in [4.69, 9.17) is 9.84 Å². The third kappa shape index (κ3) is 8.08. The first-order chi connectivity index (χ1) is 7.78. The van der Waals surface area contributed by atoms with Gasteiger partial charge in [0.15, 0.2) is 0 Å². The smallest absolute Gasteiger partial charge is 0.0585 e. The van der Waals surface area contributed by atoms with Gasteiger partial charge in [0.1, 0.15) is 0 Å². The number of unbranched alkanes of at least 4 members (excludes halogenated alkanes) is 1. The van der Waals surface area contributed by atoms with Crippen LogP contribution in [0.2, 0.25) is 0 Å². The molecule has 3 heteroatoms. The third-order valence-electron chi connectivity index (χ3n) is 3.14. The zero-order valence-corrected chi connectivity index (χ0v) is 11.2. The first-order valence-electron chi connectivity index (χ1n) is 6.64. The Balaban J connectivity index is 3.46. The van der Waals surface area contributed by atoms with Crippen LogP contribution < -0.4 is 5.32 Å². The Morgan fingerprint density at radius 2 is 2.00 bits per heavy atom. The van der Waals surface area contributed by atoms with Crippen LogP contribution in [0.4, 0.5) is 0 Å². The monoisotopic (exact) mass is 231 g/mol. The van der Waals surface area contributed by atoms with Crippen molar-refractivity contribution in [3.63, 3.8) is 0 Å². The van der Waals surface area contributed by atoms with Gasteiger partial charge in [-0.05, 0) is 25.8 Å². The molecule has 0 saturated carbocycles. The van der Waals surface area contributed by atoms with Crippen molar-refractivity contribution < 1.29 is 9.84 Å². The van der Waals surface area contributed by atoms with Crippen molar-refractivity contribution in [2.45, 2.75) is 52.0 Å². The van der Waals surface area contributed by atoms with Gasteiger partial charge in [0.05, 0.1) is 6.61 Å². The molecule has 16 heavy (non-hydrogen) atoms. The molecule has 0 aromatic heterocycles. The number of ether oxygens (including phenoxy) is 1. The molecule has 2 atom stereocenters. The van der Waals surface area contributed by atoms with E-state index in [1.807, 2.05) is 7.05 Å². The minimum atomic E-state index is 0.177. The summed E-state index contributed by atoms with van der Waals surface area (Å²) in [7, 11) is 1.87. The standard InChI is InChI=1S/C13H29NO2/c1-4-6-7-12(5-2)11-16-9-8-13(10-15)14-3/h12-15H,4-11H2,1-3H3. The van der Waals surface area contributed by atoms with Crippen LogP contribution in [-0.4, -0.2) is 38.0 Å². The van der Waals surface area contributed by atoms with Crippen molar-refractivity contribution >= 4 is 0 Å². The van der Waals surface area contributed by atoms with E-state index in [-0.39, 0.29) is 12.6 Å². The van der Waals surface area contributed by atoms with Crippen LogP contribution in [0.5, 0.6) is 0 Å². The predicted molar refractivity (Wildman–Crippen MR) is 68.7 cm³/mol. The summed E-state index contributed by atoms with van der Waals surface area (Å²) >= 11 is 0. The first-order valence-corrected chi connectivity index (χ1v) is 6.64. The van der Waals surface area contributed by atoms with Gasteiger partial charge in [-0.2, -0.15) is 0 Å². The van der Waals surface area contributed by atoms with Crippen molar-refractivity contribution in [3.8, 4) is 0 Å². The molecule has 0 amide bonds. The van der Waals surface area contributed by atoms with E-state index in [2.05, 4.69) is 19.2 Å². The molecular weight excluding hydrogens is 202 g/mol. The number of aliphatic hydroxyl groups is 1. The fourth-order valence-electron chi connectivity index (χ4n) is 1.70. The summed E-state index contributed by atoms with van der Waals surface area (Å²) < 4.78 is 5.67. The van der Waals surface area contributed by atoms with E-state index in [0.717, 1.165) is 19.6 Å². The molecule has 3 nitrogen and oxygen atoms in total. The minimum Gasteiger partial charge on any atom is -0.395 e. The quantitative estimate of drug-likeness (QED) is 0.536. The molecule has 2 N–H and O–H groups in total. The maximum atomic E-state index is 8.98. The van der Waals surface area contributed by atoms with Gasteiger partial charge in [-0.15, -0.1) is 0 Å². The molecule has 0 heterocycles. The second-order valence-corrected chi connectivity index (χ2v) is 4.45. The van der Waals surface area contributed by atoms with Crippen LogP contribution in [0.25, 0.3) is 0 Å². The van der Waals surface area contributed by atoms with Crippen molar-refractivity contribution in [1.82, 2.24) is 5.32 Å². The summed E-state index contributed by atoms with van der Waals surface area (Å²) in [4.78, 5) is 0. The average molecular weight is 231 g/mol. The lowest BCUT2D eigenvalue weighted by Gasteiger charge is -2.16. The van der Waals surface area contributed by atoms with Crippen LogP contribution in [0.15, 0.2) is 0 Å². The summed E-state index contributed by atoms with van der Waals surface area (Å²) in [5.74, 6) is 0.710. The summed E-state index contributed by atoms with van der Waals surface area (Å²) in [5, 5.41) is 12.0. The zero-order chi connectivity index (χ0) is 12.2. The molecule has 0 spiro atoms. The maximum absolute atomic E-state index is 8.98. The van der Waals surface area contributed by atoms with Gasteiger partial charge < -0.3 is 15.2 Å². The lowest BCUT2D eigenvalue weighted by molar-refractivity contribution is 0.0817. The normalized spacial score (nSPS) is 15.0. The van der Waals surface area contributed by atoms with Crippen LogP contribution in [0, 0.1) is 5.92 Å². The minimum absolute atomic E-state index is 0.177. The summed E-state index contributed by atoms with van der Waals surface area (Å²) in [5.41, 5.74) is 0. The first kappa shape index (κ1) is 15.9. The van der Waals surface area contributed by atoms with Gasteiger partial charge in [-0.25, -0.2) is 0 Å². The highest BCUT2D eigenvalue weighted by atomic mass is 16.5. The Morgan fingerprint density at radius 3 is 2.50 bits per heavy atom. The van der Waals surface area contributed by atoms with Crippen molar-refractivity contribution in [3.05, 3.63) is 0 Å². The van der Waals surface area contributed by atoms with Gasteiger partial charge >= 0.3 is 0 Å². The molecule has 98 valence electrons. The molecule has 0 aliphatic carbocycles. The van der Waals surface area contributed by atoms with E-state index in [1.165, 1.54) is 25.7 Å². The molecule has 0 aromatic rings. The lowest BCUT2D eigenvalue weighted by atomic mass is 10.0. The van der Waals surface area contributed by atoms with E-state index in [0.29, 0.717) is 5.92 Å². The number of aliphatic hydroxyl groups excluding tert-OH is 1. The molecule has 0 bridgehead atoms. The number of rotatable bonds is 11. The third-order valence-corrected chi connectivity index (χ3v) is 3.14. The summed E-state index contributed by atoms with van der Waals surface area (Å²) in [6.07, 6.45) is 5.94. The fourth-order valence-corrected chi connectivity index (χ4v) is 1.70. The largest absolute Gasteiger partial charge is 0.395 e. The Morgan fingerprint density at radius 1 is 1.25 bits per heavy atom. The van der Waals surface area contributed by atoms with Gasteiger partial charge in [0, 0.05) is 19.3 Å². The molecule has 0 aromatic carbocycles. The van der Waals surface area contributed by atoms with E-state index in [9.17, 15) is 0 Å². The molecule has 0 aliphatic rings. The summed E-state index contributed by atoms with van der Waals surface area (Å²) in [6, 6.07) is 0.177. The SMILES string of the molecule is CCCCC(CC)COCCC(CO)NC. The van der Waals surface area contributed by atoms with Crippen LogP contribution in [-0.2, 0) is 4.74 Å². The Labute approximate surface area is 101 Å². The molecule has 0 aliphatic heterocycles. The molecule has 0 fully saturated rings. The van der Waals surface area contributed by atoms with Gasteiger partial charge in [-0.1, -0.05) is 33.1 Å². The highest BCUT2D eigenvalue weighted by Crippen LogP contribution is 2.12. The number of nitrogens with one attached hydrogen (secondary N) is 1. The molecule has 0 rings (SSSR count). The molecule has 0 saturated heterocycles. The second kappa shape index (κ2) is 11.4. The average Bonchev–Trinajstić information content (AvgIpc) is 2.33. The fraction of sp³-hybridized carbons (Fsp3) is 1.00. The van der Waals surface area contributed by atoms with Crippen LogP contribution >= 0.6 is 0 Å². The second-order valence-electron chi connectivity index (χ2n) is 4.45. The van der Waals surface area contributed by atoms with E-state index >= 15 is 0 Å². The number of hydrogen-bond donors (Lipinski definition) is 2. The van der Waals surface area contributed by atoms with E-state index < -0.39 is 0 Å². The zero-order valence-electron chi connectivity index (χ0n) is 11.2. The molecular formula is C13H29NO2. The maximum Gasteiger partial charge on any atom is 0.0585 e. The number of hydrogen-bond acceptors (Lipinski definition) is 3. The highest BCUT2D eigenvalue weighted by Gasteiger charge is 2.07. The van der Waals surface area contributed by atoms with Gasteiger partial charge in [0.25, 0.3) is 0 Å². The lowest BCUT2D eigenvalue weighted by Crippen LogP contribution is -2.30. The highest BCUT2D eigenvalue weighted by molar-refractivity contribution is 4.62. The van der Waals surface area contributed by atoms with Crippen molar-refractivity contribution in [2.24, 2.45) is 5.92 Å². The van der Waals surface area contributed by atoms with Crippen LogP contribution in [0.3, 0.4) is 0 Å². The van der Waals surface area contributed by atoms with Crippen molar-refractivity contribution in [2.75, 3.05) is 26.9 Å². The van der Waals surface area contributed by atoms with E-state index in [1.54, 1.807) is 0 Å². The molecule has 2 unspecified atom stereocenters. The van der Waals surface area contributed by atoms with Gasteiger partial charge in [-0.3, -0.25) is 0 Å². The number of likely N-dealkylation sites (N-methyl/N-ethyl adjacent to an activating group) is 1. The van der Waals surface area contributed by atoms with Crippen LogP contribution in [0.1, 0.15) is 46.0 Å². The van der Waals surface area contributed by atoms with Gasteiger partial charge in [0.2, 0.25) is 0 Å². The molecule has 0 radical (unpaired) electrons. The topological polar surface area (TPSA) is 41.5 Å².